The van der Waals surface area contributed by atoms with Gasteiger partial charge in [0.2, 0.25) is 17.7 Å². The van der Waals surface area contributed by atoms with Crippen LogP contribution < -0.4 is 11.1 Å². The smallest absolute Gasteiger partial charge is 0.317 e. The number of rotatable bonds is 4. The van der Waals surface area contributed by atoms with Crippen LogP contribution in [0.25, 0.3) is 17.0 Å². The number of piperazine rings is 1. The highest BCUT2D eigenvalue weighted by Gasteiger charge is 2.50. The number of carbonyl (C=O) groups is 2. The van der Waals surface area contributed by atoms with E-state index in [1.165, 1.54) is 5.70 Å². The zero-order chi connectivity index (χ0) is 24.2. The van der Waals surface area contributed by atoms with Crippen LogP contribution in [-0.2, 0) is 4.79 Å². The van der Waals surface area contributed by atoms with Crippen molar-refractivity contribution in [1.29, 1.82) is 0 Å². The monoisotopic (exact) mass is 464 g/mol. The first-order valence-electron chi connectivity index (χ1n) is 11.9. The van der Waals surface area contributed by atoms with Gasteiger partial charge in [-0.3, -0.25) is 4.79 Å². The number of nitrogens with two attached hydrogens (primary N) is 1. The van der Waals surface area contributed by atoms with Crippen molar-refractivity contribution in [3.8, 4) is 11.5 Å². The maximum absolute atomic E-state index is 12.9. The van der Waals surface area contributed by atoms with Crippen LogP contribution in [-0.4, -0.2) is 63.2 Å². The number of amides is 3. The predicted octanol–water partition coefficient (Wildman–Crippen LogP) is 2.78. The highest BCUT2D eigenvalue weighted by atomic mass is 16.4. The molecule has 1 aromatic carbocycles. The third-order valence-electron chi connectivity index (χ3n) is 6.71. The summed E-state index contributed by atoms with van der Waals surface area (Å²) >= 11 is 0. The van der Waals surface area contributed by atoms with Gasteiger partial charge >= 0.3 is 6.03 Å². The Morgan fingerprint density at radius 2 is 1.76 bits per heavy atom. The second-order valence-corrected chi connectivity index (χ2v) is 10.5. The zero-order valence-corrected chi connectivity index (χ0v) is 20.2. The molecule has 3 amide bonds. The number of fused-ring (bicyclic) bond motifs is 1. The number of urea groups is 1. The first kappa shape index (κ1) is 22.4. The molecule has 9 heteroatoms. The van der Waals surface area contributed by atoms with Crippen molar-refractivity contribution in [2.75, 3.05) is 19.6 Å². The number of benzene rings is 1. The fraction of sp³-hybridized carbons (Fsp3) is 0.520. The Labute approximate surface area is 199 Å². The van der Waals surface area contributed by atoms with Gasteiger partial charge in [0, 0.05) is 43.4 Å². The summed E-state index contributed by atoms with van der Waals surface area (Å²) in [6, 6.07) is 7.64. The van der Waals surface area contributed by atoms with Gasteiger partial charge in [0.25, 0.3) is 0 Å². The van der Waals surface area contributed by atoms with Gasteiger partial charge in [-0.15, -0.1) is 10.2 Å². The van der Waals surface area contributed by atoms with Crippen LogP contribution in [0.15, 0.2) is 34.4 Å². The Hall–Kier alpha value is -3.36. The van der Waals surface area contributed by atoms with Crippen molar-refractivity contribution in [3.63, 3.8) is 0 Å². The Kier molecular flexibility index (Phi) is 5.37. The first-order chi connectivity index (χ1) is 16.1. The van der Waals surface area contributed by atoms with Gasteiger partial charge in [-0.2, -0.15) is 0 Å². The van der Waals surface area contributed by atoms with Crippen LogP contribution in [0.4, 0.5) is 4.79 Å². The number of nitrogens with one attached hydrogen (secondary N) is 1. The SMILES string of the molecule is Cc1nnc(-c2ccc(C3=C(C4CC4)N4CCN(C(=O)NC(C)(C)C)CC4C3C(N)=O)cc2)o1. The fourth-order valence-corrected chi connectivity index (χ4v) is 5.16. The number of allylic oxidation sites excluding steroid dienone is 1. The Morgan fingerprint density at radius 3 is 2.32 bits per heavy atom. The quantitative estimate of drug-likeness (QED) is 0.718. The number of primary amides is 1. The van der Waals surface area contributed by atoms with Gasteiger partial charge in [0.15, 0.2) is 0 Å². The normalized spacial score (nSPS) is 22.7. The highest BCUT2D eigenvalue weighted by molar-refractivity contribution is 5.95. The molecule has 1 aromatic heterocycles. The van der Waals surface area contributed by atoms with Crippen LogP contribution >= 0.6 is 0 Å². The lowest BCUT2D eigenvalue weighted by Gasteiger charge is -2.42. The van der Waals surface area contributed by atoms with Crippen molar-refractivity contribution in [2.24, 2.45) is 17.6 Å². The Balaban J connectivity index is 1.47. The van der Waals surface area contributed by atoms with Crippen LogP contribution in [0.3, 0.4) is 0 Å². The summed E-state index contributed by atoms with van der Waals surface area (Å²) < 4.78 is 5.55. The molecular formula is C25H32N6O3. The molecule has 0 spiro atoms. The highest BCUT2D eigenvalue weighted by Crippen LogP contribution is 2.51. The van der Waals surface area contributed by atoms with E-state index < -0.39 is 5.92 Å². The summed E-state index contributed by atoms with van der Waals surface area (Å²) in [4.78, 5) is 29.9. The number of nitrogens with zero attached hydrogens (tertiary/aromatic N) is 4. The van der Waals surface area contributed by atoms with E-state index in [-0.39, 0.29) is 23.5 Å². The second kappa shape index (κ2) is 8.14. The molecule has 1 saturated carbocycles. The van der Waals surface area contributed by atoms with Gasteiger partial charge in [0.1, 0.15) is 0 Å². The van der Waals surface area contributed by atoms with Gasteiger partial charge in [0.05, 0.1) is 12.0 Å². The fourth-order valence-electron chi connectivity index (χ4n) is 5.16. The summed E-state index contributed by atoms with van der Waals surface area (Å²) in [7, 11) is 0. The van der Waals surface area contributed by atoms with E-state index >= 15 is 0 Å². The van der Waals surface area contributed by atoms with E-state index in [2.05, 4.69) is 20.4 Å². The third kappa shape index (κ3) is 4.15. The average Bonchev–Trinajstić information content (AvgIpc) is 3.42. The standard InChI is InChI=1S/C25H32N6O3/c1-14-28-29-23(34-14)17-9-5-15(6-10-17)19-20(22(26)32)18-13-30(24(33)27-25(2,3)4)11-12-31(18)21(19)16-7-8-16/h5-6,9-10,16,18,20H,7-8,11-13H2,1-4H3,(H2,26,32)(H,27,33). The Bertz CT molecular complexity index is 1140. The number of carbonyl (C=O) groups excluding carboxylic acids is 2. The minimum absolute atomic E-state index is 0.101. The number of aryl methyl sites for hydroxylation is 1. The number of aromatic nitrogens is 2. The average molecular weight is 465 g/mol. The van der Waals surface area contributed by atoms with Crippen LogP contribution in [0, 0.1) is 18.8 Å². The molecule has 2 aromatic rings. The van der Waals surface area contributed by atoms with Gasteiger partial charge in [-0.05, 0) is 62.8 Å². The molecule has 2 unspecified atom stereocenters. The topological polar surface area (TPSA) is 118 Å². The largest absolute Gasteiger partial charge is 0.421 e. The maximum atomic E-state index is 12.9. The van der Waals surface area contributed by atoms with E-state index in [0.29, 0.717) is 37.3 Å². The molecule has 34 heavy (non-hydrogen) atoms. The van der Waals surface area contributed by atoms with Crippen LogP contribution in [0.5, 0.6) is 0 Å². The lowest BCUT2D eigenvalue weighted by atomic mass is 9.87. The molecule has 9 nitrogen and oxygen atoms in total. The molecule has 3 aliphatic rings. The van der Waals surface area contributed by atoms with Gasteiger partial charge in [-0.1, -0.05) is 12.1 Å². The molecule has 1 aliphatic carbocycles. The maximum Gasteiger partial charge on any atom is 0.317 e. The van der Waals surface area contributed by atoms with E-state index in [1.54, 1.807) is 6.92 Å². The molecular weight excluding hydrogens is 432 g/mol. The van der Waals surface area contributed by atoms with Crippen molar-refractivity contribution in [2.45, 2.75) is 52.1 Å². The van der Waals surface area contributed by atoms with E-state index in [9.17, 15) is 9.59 Å². The van der Waals surface area contributed by atoms with Crippen molar-refractivity contribution in [3.05, 3.63) is 41.4 Å². The van der Waals surface area contributed by atoms with E-state index in [4.69, 9.17) is 10.2 Å². The molecule has 0 bridgehead atoms. The summed E-state index contributed by atoms with van der Waals surface area (Å²) in [5.74, 6) is 0.596. The Morgan fingerprint density at radius 1 is 1.09 bits per heavy atom. The molecule has 3 heterocycles. The molecule has 2 aliphatic heterocycles. The molecule has 5 rings (SSSR count). The molecule has 2 fully saturated rings. The summed E-state index contributed by atoms with van der Waals surface area (Å²) in [5, 5.41) is 11.0. The number of hydrogen-bond donors (Lipinski definition) is 2. The third-order valence-corrected chi connectivity index (χ3v) is 6.71. The first-order valence-corrected chi connectivity index (χ1v) is 11.9. The van der Waals surface area contributed by atoms with Crippen molar-refractivity contribution < 1.29 is 14.0 Å². The minimum Gasteiger partial charge on any atom is -0.421 e. The minimum atomic E-state index is -0.475. The summed E-state index contributed by atoms with van der Waals surface area (Å²) in [6.07, 6.45) is 2.22. The molecule has 2 atom stereocenters. The van der Waals surface area contributed by atoms with Crippen molar-refractivity contribution in [1.82, 2.24) is 25.3 Å². The molecule has 1 saturated heterocycles. The lowest BCUT2D eigenvalue weighted by molar-refractivity contribution is -0.121. The lowest BCUT2D eigenvalue weighted by Crippen LogP contribution is -2.59. The van der Waals surface area contributed by atoms with Gasteiger partial charge in [-0.25, -0.2) is 4.79 Å². The molecule has 180 valence electrons. The van der Waals surface area contributed by atoms with E-state index in [1.807, 2.05) is 49.9 Å². The number of hydrogen-bond acceptors (Lipinski definition) is 6. The second-order valence-electron chi connectivity index (χ2n) is 10.5. The van der Waals surface area contributed by atoms with Gasteiger partial charge < -0.3 is 25.3 Å². The van der Waals surface area contributed by atoms with Crippen LogP contribution in [0.2, 0.25) is 0 Å². The van der Waals surface area contributed by atoms with Crippen molar-refractivity contribution >= 4 is 17.5 Å². The summed E-state index contributed by atoms with van der Waals surface area (Å²) in [6.45, 7) is 9.43. The zero-order valence-electron chi connectivity index (χ0n) is 20.2. The van der Waals surface area contributed by atoms with E-state index in [0.717, 1.165) is 29.5 Å². The van der Waals surface area contributed by atoms with Crippen LogP contribution in [0.1, 0.15) is 45.1 Å². The molecule has 0 radical (unpaired) electrons. The summed E-state index contributed by atoms with van der Waals surface area (Å²) in [5.41, 5.74) is 9.72. The predicted molar refractivity (Wildman–Crippen MR) is 127 cm³/mol. The molecule has 3 N–H and O–H groups in total.